The Labute approximate surface area is 153 Å². The van der Waals surface area contributed by atoms with E-state index in [1.807, 2.05) is 12.1 Å². The maximum atomic E-state index is 11.6. The largest absolute Gasteiger partial charge is 0.387 e. The number of aliphatic hydroxyl groups is 1. The number of likely N-dealkylation sites (tertiary alicyclic amines) is 1. The molecule has 2 atom stereocenters. The Morgan fingerprint density at radius 1 is 1.48 bits per heavy atom. The standard InChI is InChI=1S/C18H25ClN4O2/c1-20-17(21-10-15(24)13-3-5-14(19)6-4-13)23-8-2-7-18(12-23)9-16(25)22-11-18/h3-6,15,24H,2,7-12H2,1H3,(H,20,21)(H,22,25). The molecule has 0 aliphatic carbocycles. The van der Waals surface area contributed by atoms with Gasteiger partial charge in [-0.25, -0.2) is 0 Å². The predicted molar refractivity (Wildman–Crippen MR) is 98.6 cm³/mol. The minimum absolute atomic E-state index is 0.0156. The van der Waals surface area contributed by atoms with E-state index in [0.717, 1.165) is 44.0 Å². The van der Waals surface area contributed by atoms with Gasteiger partial charge in [-0.15, -0.1) is 0 Å². The highest BCUT2D eigenvalue weighted by molar-refractivity contribution is 6.30. The Balaban J connectivity index is 1.59. The summed E-state index contributed by atoms with van der Waals surface area (Å²) in [6, 6.07) is 7.19. The highest BCUT2D eigenvalue weighted by atomic mass is 35.5. The first-order chi connectivity index (χ1) is 12.0. The Morgan fingerprint density at radius 3 is 2.88 bits per heavy atom. The van der Waals surface area contributed by atoms with Crippen molar-refractivity contribution < 1.29 is 9.90 Å². The van der Waals surface area contributed by atoms with Crippen LogP contribution in [0.25, 0.3) is 0 Å². The van der Waals surface area contributed by atoms with Crippen LogP contribution in [-0.4, -0.2) is 55.1 Å². The lowest BCUT2D eigenvalue weighted by Gasteiger charge is -2.40. The summed E-state index contributed by atoms with van der Waals surface area (Å²) in [6.45, 7) is 2.83. The second-order valence-electron chi connectivity index (χ2n) is 6.97. The highest BCUT2D eigenvalue weighted by Crippen LogP contribution is 2.36. The quantitative estimate of drug-likeness (QED) is 0.562. The molecule has 2 saturated heterocycles. The van der Waals surface area contributed by atoms with Gasteiger partial charge in [0.2, 0.25) is 5.91 Å². The summed E-state index contributed by atoms with van der Waals surface area (Å²) < 4.78 is 0. The molecule has 2 aliphatic heterocycles. The maximum Gasteiger partial charge on any atom is 0.220 e. The lowest BCUT2D eigenvalue weighted by molar-refractivity contribution is -0.119. The van der Waals surface area contributed by atoms with Gasteiger partial charge in [-0.05, 0) is 30.5 Å². The zero-order chi connectivity index (χ0) is 17.9. The number of nitrogens with one attached hydrogen (secondary N) is 2. The molecule has 2 unspecified atom stereocenters. The van der Waals surface area contributed by atoms with E-state index in [2.05, 4.69) is 20.5 Å². The third kappa shape index (κ3) is 4.25. The van der Waals surface area contributed by atoms with Gasteiger partial charge >= 0.3 is 0 Å². The van der Waals surface area contributed by atoms with E-state index in [4.69, 9.17) is 11.6 Å². The van der Waals surface area contributed by atoms with Crippen LogP contribution in [0.15, 0.2) is 29.3 Å². The van der Waals surface area contributed by atoms with Crippen molar-refractivity contribution in [2.45, 2.75) is 25.4 Å². The summed E-state index contributed by atoms with van der Waals surface area (Å²) in [5.74, 6) is 0.911. The van der Waals surface area contributed by atoms with Crippen LogP contribution in [0.5, 0.6) is 0 Å². The lowest BCUT2D eigenvalue weighted by atomic mass is 9.79. The normalized spacial score (nSPS) is 25.2. The molecule has 7 heteroatoms. The number of carbonyl (C=O) groups excluding carboxylic acids is 1. The summed E-state index contributed by atoms with van der Waals surface area (Å²) in [5.41, 5.74) is 0.829. The number of rotatable bonds is 3. The van der Waals surface area contributed by atoms with Crippen LogP contribution in [0.2, 0.25) is 5.02 Å². The molecule has 1 aromatic carbocycles. The first-order valence-electron chi connectivity index (χ1n) is 8.67. The fourth-order valence-corrected chi connectivity index (χ4v) is 3.88. The molecule has 3 rings (SSSR count). The molecule has 1 spiro atoms. The van der Waals surface area contributed by atoms with Gasteiger partial charge in [0.1, 0.15) is 0 Å². The molecule has 3 N–H and O–H groups in total. The smallest absolute Gasteiger partial charge is 0.220 e. The topological polar surface area (TPSA) is 77.0 Å². The average molecular weight is 365 g/mol. The van der Waals surface area contributed by atoms with E-state index in [1.54, 1.807) is 19.2 Å². The van der Waals surface area contributed by atoms with Crippen LogP contribution >= 0.6 is 11.6 Å². The summed E-state index contributed by atoms with van der Waals surface area (Å²) >= 11 is 5.89. The lowest BCUT2D eigenvalue weighted by Crippen LogP contribution is -2.51. The molecule has 0 bridgehead atoms. The van der Waals surface area contributed by atoms with E-state index in [0.29, 0.717) is 18.0 Å². The summed E-state index contributed by atoms with van der Waals surface area (Å²) in [7, 11) is 1.75. The third-order valence-corrected chi connectivity index (χ3v) is 5.33. The number of benzene rings is 1. The number of guanidine groups is 1. The number of hydrogen-bond acceptors (Lipinski definition) is 3. The van der Waals surface area contributed by atoms with Crippen LogP contribution in [0.4, 0.5) is 0 Å². The highest BCUT2D eigenvalue weighted by Gasteiger charge is 2.42. The summed E-state index contributed by atoms with van der Waals surface area (Å²) in [5, 5.41) is 17.2. The molecule has 0 radical (unpaired) electrons. The Hall–Kier alpha value is -1.79. The maximum absolute atomic E-state index is 11.6. The fourth-order valence-electron chi connectivity index (χ4n) is 3.75. The molecule has 25 heavy (non-hydrogen) atoms. The third-order valence-electron chi connectivity index (χ3n) is 5.08. The van der Waals surface area contributed by atoms with Gasteiger partial charge in [0, 0.05) is 50.1 Å². The number of hydrogen-bond donors (Lipinski definition) is 3. The molecule has 0 aromatic heterocycles. The van der Waals surface area contributed by atoms with Crippen molar-refractivity contribution in [3.05, 3.63) is 34.9 Å². The Bertz CT molecular complexity index is 649. The van der Waals surface area contributed by atoms with Crippen LogP contribution in [-0.2, 0) is 4.79 Å². The molecular weight excluding hydrogens is 340 g/mol. The zero-order valence-electron chi connectivity index (χ0n) is 14.5. The van der Waals surface area contributed by atoms with E-state index >= 15 is 0 Å². The number of aliphatic hydroxyl groups excluding tert-OH is 1. The minimum atomic E-state index is -0.637. The SMILES string of the molecule is CN=C(NCC(O)c1ccc(Cl)cc1)N1CCCC2(CNC(=O)C2)C1. The van der Waals surface area contributed by atoms with Crippen molar-refractivity contribution in [3.8, 4) is 0 Å². The zero-order valence-corrected chi connectivity index (χ0v) is 15.2. The van der Waals surface area contributed by atoms with E-state index in [9.17, 15) is 9.90 Å². The second kappa shape index (κ2) is 7.62. The molecule has 6 nitrogen and oxygen atoms in total. The second-order valence-corrected chi connectivity index (χ2v) is 7.41. The average Bonchev–Trinajstić information content (AvgIpc) is 2.96. The minimum Gasteiger partial charge on any atom is -0.387 e. The monoisotopic (exact) mass is 364 g/mol. The van der Waals surface area contributed by atoms with Gasteiger partial charge in [-0.1, -0.05) is 23.7 Å². The van der Waals surface area contributed by atoms with Crippen molar-refractivity contribution in [3.63, 3.8) is 0 Å². The van der Waals surface area contributed by atoms with Gasteiger partial charge in [0.15, 0.2) is 5.96 Å². The van der Waals surface area contributed by atoms with Crippen LogP contribution in [0.3, 0.4) is 0 Å². The molecule has 2 heterocycles. The van der Waals surface area contributed by atoms with Crippen LogP contribution in [0.1, 0.15) is 30.9 Å². The number of nitrogens with zero attached hydrogens (tertiary/aromatic N) is 2. The molecule has 136 valence electrons. The number of carbonyl (C=O) groups is 1. The first kappa shape index (κ1) is 18.0. The Kier molecular flexibility index (Phi) is 5.49. The summed E-state index contributed by atoms with van der Waals surface area (Å²) in [4.78, 5) is 18.2. The van der Waals surface area contributed by atoms with Crippen LogP contribution < -0.4 is 10.6 Å². The number of amides is 1. The number of aliphatic imine (C=N–C) groups is 1. The number of halogens is 1. The first-order valence-corrected chi connectivity index (χ1v) is 9.05. The fraction of sp³-hybridized carbons (Fsp3) is 0.556. The van der Waals surface area contributed by atoms with Crippen LogP contribution in [0, 0.1) is 5.41 Å². The van der Waals surface area contributed by atoms with Crippen molar-refractivity contribution in [1.82, 2.24) is 15.5 Å². The van der Waals surface area contributed by atoms with Crippen molar-refractivity contribution in [2.75, 3.05) is 33.2 Å². The van der Waals surface area contributed by atoms with Gasteiger partial charge < -0.3 is 20.6 Å². The summed E-state index contributed by atoms with van der Waals surface area (Å²) in [6.07, 6.45) is 2.05. The van der Waals surface area contributed by atoms with Crippen molar-refractivity contribution >= 4 is 23.5 Å². The van der Waals surface area contributed by atoms with Gasteiger partial charge in [-0.2, -0.15) is 0 Å². The molecule has 1 amide bonds. The number of piperidine rings is 1. The van der Waals surface area contributed by atoms with Gasteiger partial charge in [-0.3, -0.25) is 9.79 Å². The molecular formula is C18H25ClN4O2. The van der Waals surface area contributed by atoms with Gasteiger partial charge in [0.05, 0.1) is 6.10 Å². The van der Waals surface area contributed by atoms with Crippen molar-refractivity contribution in [2.24, 2.45) is 10.4 Å². The van der Waals surface area contributed by atoms with E-state index < -0.39 is 6.10 Å². The molecule has 2 aliphatic rings. The van der Waals surface area contributed by atoms with Gasteiger partial charge in [0.25, 0.3) is 0 Å². The predicted octanol–water partition coefficient (Wildman–Crippen LogP) is 1.55. The molecule has 0 saturated carbocycles. The van der Waals surface area contributed by atoms with Crippen molar-refractivity contribution in [1.29, 1.82) is 0 Å². The van der Waals surface area contributed by atoms with E-state index in [-0.39, 0.29) is 11.3 Å². The van der Waals surface area contributed by atoms with E-state index in [1.165, 1.54) is 0 Å². The molecule has 2 fully saturated rings. The molecule has 1 aromatic rings. The Morgan fingerprint density at radius 2 is 2.24 bits per heavy atom.